The van der Waals surface area contributed by atoms with Gasteiger partial charge in [0.2, 0.25) is 17.7 Å². The monoisotopic (exact) mass is 303 g/mol. The van der Waals surface area contributed by atoms with Gasteiger partial charge in [-0.05, 0) is 11.1 Å². The van der Waals surface area contributed by atoms with Crippen molar-refractivity contribution in [1.82, 2.24) is 15.5 Å². The summed E-state index contributed by atoms with van der Waals surface area (Å²) in [5.41, 5.74) is 2.02. The Hall–Kier alpha value is -2.37. The van der Waals surface area contributed by atoms with Crippen LogP contribution in [0.2, 0.25) is 0 Å². The first-order valence-electron chi connectivity index (χ1n) is 7.28. The molecule has 1 heterocycles. The lowest BCUT2D eigenvalue weighted by atomic mass is 9.90. The van der Waals surface area contributed by atoms with Crippen molar-refractivity contribution in [3.8, 4) is 0 Å². The van der Waals surface area contributed by atoms with Crippen molar-refractivity contribution in [1.29, 1.82) is 0 Å². The van der Waals surface area contributed by atoms with E-state index in [-0.39, 0.29) is 30.2 Å². The standard InChI is InChI=1S/C16H21N3O3/c1-10-13-7-5-4-6-12(13)8-19(9-14(21)17-3)16(22)15(10)18-11(2)20/h4-7,10,15H,8-9H2,1-3H3,(H,17,21)(H,18,20)/t10-,15-/m1/s1. The van der Waals surface area contributed by atoms with Gasteiger partial charge in [-0.1, -0.05) is 31.2 Å². The minimum atomic E-state index is -0.661. The fourth-order valence-corrected chi connectivity index (χ4v) is 2.79. The first-order valence-corrected chi connectivity index (χ1v) is 7.28. The van der Waals surface area contributed by atoms with E-state index in [1.165, 1.54) is 18.9 Å². The molecule has 3 amide bonds. The number of nitrogens with one attached hydrogen (secondary N) is 2. The van der Waals surface area contributed by atoms with E-state index in [2.05, 4.69) is 10.6 Å². The number of nitrogens with zero attached hydrogens (tertiary/aromatic N) is 1. The maximum atomic E-state index is 12.7. The van der Waals surface area contributed by atoms with E-state index in [1.807, 2.05) is 31.2 Å². The summed E-state index contributed by atoms with van der Waals surface area (Å²) in [6, 6.07) is 7.08. The van der Waals surface area contributed by atoms with Crippen molar-refractivity contribution in [2.75, 3.05) is 13.6 Å². The van der Waals surface area contributed by atoms with Crippen molar-refractivity contribution in [2.24, 2.45) is 0 Å². The highest BCUT2D eigenvalue weighted by atomic mass is 16.2. The first-order chi connectivity index (χ1) is 10.4. The molecule has 1 aromatic carbocycles. The molecule has 0 aromatic heterocycles. The van der Waals surface area contributed by atoms with Gasteiger partial charge in [-0.15, -0.1) is 0 Å². The summed E-state index contributed by atoms with van der Waals surface area (Å²) < 4.78 is 0. The van der Waals surface area contributed by atoms with Gasteiger partial charge >= 0.3 is 0 Å². The van der Waals surface area contributed by atoms with Crippen LogP contribution in [0.15, 0.2) is 24.3 Å². The zero-order valence-electron chi connectivity index (χ0n) is 13.1. The summed E-state index contributed by atoms with van der Waals surface area (Å²) in [7, 11) is 1.53. The van der Waals surface area contributed by atoms with E-state index in [1.54, 1.807) is 0 Å². The number of rotatable bonds is 3. The van der Waals surface area contributed by atoms with Crippen LogP contribution in [0.4, 0.5) is 0 Å². The third kappa shape index (κ3) is 3.27. The lowest BCUT2D eigenvalue weighted by Gasteiger charge is -2.26. The average molecular weight is 303 g/mol. The molecule has 1 aliphatic heterocycles. The highest BCUT2D eigenvalue weighted by Gasteiger charge is 2.35. The molecule has 0 spiro atoms. The molecule has 1 aromatic rings. The molecule has 0 saturated heterocycles. The van der Waals surface area contributed by atoms with Crippen LogP contribution >= 0.6 is 0 Å². The number of amides is 3. The predicted octanol–water partition coefficient (Wildman–Crippen LogP) is 0.383. The second-order valence-corrected chi connectivity index (χ2v) is 5.53. The molecular weight excluding hydrogens is 282 g/mol. The lowest BCUT2D eigenvalue weighted by molar-refractivity contribution is -0.139. The van der Waals surface area contributed by atoms with E-state index in [0.717, 1.165) is 11.1 Å². The van der Waals surface area contributed by atoms with Gasteiger partial charge in [0, 0.05) is 26.4 Å². The van der Waals surface area contributed by atoms with Gasteiger partial charge in [0.15, 0.2) is 0 Å². The van der Waals surface area contributed by atoms with E-state index in [0.29, 0.717) is 6.54 Å². The molecule has 22 heavy (non-hydrogen) atoms. The summed E-state index contributed by atoms with van der Waals surface area (Å²) >= 11 is 0. The Morgan fingerprint density at radius 1 is 1.32 bits per heavy atom. The van der Waals surface area contributed by atoms with Crippen LogP contribution in [-0.4, -0.2) is 42.3 Å². The van der Waals surface area contributed by atoms with Gasteiger partial charge < -0.3 is 15.5 Å². The largest absolute Gasteiger partial charge is 0.358 e. The third-order valence-electron chi connectivity index (χ3n) is 3.96. The van der Waals surface area contributed by atoms with E-state index < -0.39 is 6.04 Å². The van der Waals surface area contributed by atoms with Gasteiger partial charge in [0.25, 0.3) is 0 Å². The predicted molar refractivity (Wildman–Crippen MR) is 81.9 cm³/mol. The molecule has 2 rings (SSSR count). The summed E-state index contributed by atoms with van der Waals surface area (Å²) in [5.74, 6) is -0.878. The van der Waals surface area contributed by atoms with Gasteiger partial charge in [-0.3, -0.25) is 14.4 Å². The number of carbonyl (C=O) groups excluding carboxylic acids is 3. The van der Waals surface area contributed by atoms with Gasteiger partial charge in [-0.25, -0.2) is 0 Å². The second kappa shape index (κ2) is 6.60. The molecule has 118 valence electrons. The highest BCUT2D eigenvalue weighted by Crippen LogP contribution is 2.29. The highest BCUT2D eigenvalue weighted by molar-refractivity contribution is 5.91. The van der Waals surface area contributed by atoms with Gasteiger partial charge in [-0.2, -0.15) is 0 Å². The van der Waals surface area contributed by atoms with E-state index >= 15 is 0 Å². The van der Waals surface area contributed by atoms with Crippen LogP contribution < -0.4 is 10.6 Å². The normalized spacial score (nSPS) is 20.9. The third-order valence-corrected chi connectivity index (χ3v) is 3.96. The van der Waals surface area contributed by atoms with Crippen molar-refractivity contribution in [3.63, 3.8) is 0 Å². The molecular formula is C16H21N3O3. The summed E-state index contributed by atoms with van der Waals surface area (Å²) in [6.07, 6.45) is 0. The lowest BCUT2D eigenvalue weighted by Crippen LogP contribution is -2.50. The van der Waals surface area contributed by atoms with Crippen LogP contribution in [0.25, 0.3) is 0 Å². The minimum absolute atomic E-state index is 0.0214. The number of fused-ring (bicyclic) bond motifs is 1. The molecule has 2 N–H and O–H groups in total. The fraction of sp³-hybridized carbons (Fsp3) is 0.438. The number of carbonyl (C=O) groups is 3. The van der Waals surface area contributed by atoms with Crippen molar-refractivity contribution >= 4 is 17.7 Å². The van der Waals surface area contributed by atoms with Crippen molar-refractivity contribution in [3.05, 3.63) is 35.4 Å². The van der Waals surface area contributed by atoms with Gasteiger partial charge in [0.1, 0.15) is 6.04 Å². The van der Waals surface area contributed by atoms with Crippen LogP contribution in [-0.2, 0) is 20.9 Å². The number of hydrogen-bond acceptors (Lipinski definition) is 3. The van der Waals surface area contributed by atoms with Crippen molar-refractivity contribution < 1.29 is 14.4 Å². The quantitative estimate of drug-likeness (QED) is 0.847. The van der Waals surface area contributed by atoms with Crippen molar-refractivity contribution in [2.45, 2.75) is 32.4 Å². The van der Waals surface area contributed by atoms with Crippen LogP contribution in [0.1, 0.15) is 30.9 Å². The molecule has 1 aliphatic rings. The van der Waals surface area contributed by atoms with E-state index in [9.17, 15) is 14.4 Å². The second-order valence-electron chi connectivity index (χ2n) is 5.53. The maximum Gasteiger partial charge on any atom is 0.246 e. The zero-order valence-corrected chi connectivity index (χ0v) is 13.1. The van der Waals surface area contributed by atoms with E-state index in [4.69, 9.17) is 0 Å². The summed E-state index contributed by atoms with van der Waals surface area (Å²) in [6.45, 7) is 3.65. The Labute approximate surface area is 129 Å². The summed E-state index contributed by atoms with van der Waals surface area (Å²) in [5, 5.41) is 5.25. The van der Waals surface area contributed by atoms with Crippen LogP contribution in [0.3, 0.4) is 0 Å². The Bertz CT molecular complexity index is 600. The molecule has 0 radical (unpaired) electrons. The smallest absolute Gasteiger partial charge is 0.246 e. The summed E-state index contributed by atoms with van der Waals surface area (Å²) in [4.78, 5) is 37.3. The van der Waals surface area contributed by atoms with Crippen LogP contribution in [0.5, 0.6) is 0 Å². The molecule has 0 unspecified atom stereocenters. The molecule has 2 atom stereocenters. The van der Waals surface area contributed by atoms with Crippen LogP contribution in [0, 0.1) is 0 Å². The number of benzene rings is 1. The topological polar surface area (TPSA) is 78.5 Å². The molecule has 0 fully saturated rings. The first kappa shape index (κ1) is 16.0. The number of hydrogen-bond donors (Lipinski definition) is 2. The Kier molecular flexibility index (Phi) is 4.80. The van der Waals surface area contributed by atoms with Gasteiger partial charge in [0.05, 0.1) is 6.54 Å². The molecule has 0 aliphatic carbocycles. The molecule has 6 heteroatoms. The Morgan fingerprint density at radius 2 is 2.00 bits per heavy atom. The SMILES string of the molecule is CNC(=O)CN1Cc2ccccc2[C@@H](C)[C@@H](NC(C)=O)C1=O. The minimum Gasteiger partial charge on any atom is -0.358 e. The average Bonchev–Trinajstić information content (AvgIpc) is 2.58. The molecule has 6 nitrogen and oxygen atoms in total. The Balaban J connectivity index is 2.40. The zero-order chi connectivity index (χ0) is 16.3. The molecule has 0 bridgehead atoms. The maximum absolute atomic E-state index is 12.7. The Morgan fingerprint density at radius 3 is 2.64 bits per heavy atom. The number of likely N-dealkylation sites (N-methyl/N-ethyl adjacent to an activating group) is 1. The molecule has 0 saturated carbocycles. The fourth-order valence-electron chi connectivity index (χ4n) is 2.79.